The first-order valence-corrected chi connectivity index (χ1v) is 8.21. The highest BCUT2D eigenvalue weighted by molar-refractivity contribution is 5.75. The van der Waals surface area contributed by atoms with Gasteiger partial charge in [0.1, 0.15) is 5.41 Å². The predicted molar refractivity (Wildman–Crippen MR) is 91.5 cm³/mol. The number of carboxylic acids is 1. The molecule has 0 spiro atoms. The predicted octanol–water partition coefficient (Wildman–Crippen LogP) is 2.72. The molecule has 5 nitrogen and oxygen atoms in total. The molecule has 126 valence electrons. The quantitative estimate of drug-likeness (QED) is 0.854. The van der Waals surface area contributed by atoms with Crippen molar-refractivity contribution in [2.24, 2.45) is 5.41 Å². The number of aromatic nitrogens is 1. The van der Waals surface area contributed by atoms with Crippen LogP contribution in [0.4, 0.5) is 0 Å². The van der Waals surface area contributed by atoms with Gasteiger partial charge in [0.05, 0.1) is 6.61 Å². The van der Waals surface area contributed by atoms with Crippen molar-refractivity contribution in [1.29, 1.82) is 0 Å². The van der Waals surface area contributed by atoms with Crippen LogP contribution in [0, 0.1) is 5.41 Å². The van der Waals surface area contributed by atoms with Gasteiger partial charge < -0.3 is 15.2 Å². The van der Waals surface area contributed by atoms with Gasteiger partial charge in [-0.25, -0.2) is 0 Å². The van der Waals surface area contributed by atoms with Gasteiger partial charge >= 0.3 is 5.97 Å². The number of hydrogen-bond acceptors (Lipinski definition) is 4. The van der Waals surface area contributed by atoms with E-state index < -0.39 is 11.4 Å². The van der Waals surface area contributed by atoms with Crippen LogP contribution in [0.3, 0.4) is 0 Å². The minimum atomic E-state index is -0.796. The van der Waals surface area contributed by atoms with E-state index in [9.17, 15) is 9.90 Å². The molecule has 0 aliphatic carbocycles. The topological polar surface area (TPSA) is 71.5 Å². The summed E-state index contributed by atoms with van der Waals surface area (Å²) < 4.78 is 5.39. The highest BCUT2D eigenvalue weighted by Crippen LogP contribution is 2.28. The molecular weight excluding hydrogens is 304 g/mol. The Labute approximate surface area is 141 Å². The van der Waals surface area contributed by atoms with Crippen LogP contribution in [0.5, 0.6) is 0 Å². The zero-order chi connectivity index (χ0) is 16.8. The number of benzene rings is 1. The van der Waals surface area contributed by atoms with E-state index in [4.69, 9.17) is 4.74 Å². The number of aliphatic carboxylic acids is 1. The molecule has 1 atom stereocenters. The third-order valence-corrected chi connectivity index (χ3v) is 4.54. The van der Waals surface area contributed by atoms with Gasteiger partial charge in [-0.05, 0) is 41.7 Å². The summed E-state index contributed by atoms with van der Waals surface area (Å²) in [5.41, 5.74) is 2.61. The van der Waals surface area contributed by atoms with Crippen molar-refractivity contribution >= 4 is 5.97 Å². The standard InChI is InChI=1S/C19H22N2O3/c22-18(23)19(8-1-11-24-14-19)13-21-12-15-2-4-16(5-3-15)17-6-9-20-10-7-17/h2-7,9-10,21H,1,8,11-14H2,(H,22,23). The van der Waals surface area contributed by atoms with Crippen molar-refractivity contribution in [3.8, 4) is 11.1 Å². The van der Waals surface area contributed by atoms with Gasteiger partial charge in [0.25, 0.3) is 0 Å². The second-order valence-electron chi connectivity index (χ2n) is 6.28. The van der Waals surface area contributed by atoms with Gasteiger partial charge in [0, 0.05) is 32.1 Å². The Morgan fingerprint density at radius 2 is 1.88 bits per heavy atom. The summed E-state index contributed by atoms with van der Waals surface area (Å²) >= 11 is 0. The van der Waals surface area contributed by atoms with Gasteiger partial charge in [0.15, 0.2) is 0 Å². The lowest BCUT2D eigenvalue weighted by atomic mass is 9.82. The fourth-order valence-electron chi connectivity index (χ4n) is 3.04. The van der Waals surface area contributed by atoms with Crippen LogP contribution in [0.25, 0.3) is 11.1 Å². The van der Waals surface area contributed by atoms with Crippen molar-refractivity contribution in [3.63, 3.8) is 0 Å². The highest BCUT2D eigenvalue weighted by atomic mass is 16.5. The molecule has 24 heavy (non-hydrogen) atoms. The van der Waals surface area contributed by atoms with Gasteiger partial charge in [0.2, 0.25) is 0 Å². The van der Waals surface area contributed by atoms with Crippen molar-refractivity contribution < 1.29 is 14.6 Å². The highest BCUT2D eigenvalue weighted by Gasteiger charge is 2.40. The average Bonchev–Trinajstić information content (AvgIpc) is 2.64. The second kappa shape index (κ2) is 7.55. The van der Waals surface area contributed by atoms with Crippen LogP contribution in [-0.2, 0) is 16.1 Å². The lowest BCUT2D eigenvalue weighted by molar-refractivity contribution is -0.156. The first-order chi connectivity index (χ1) is 11.7. The fraction of sp³-hybridized carbons (Fsp3) is 0.368. The Bertz CT molecular complexity index is 665. The monoisotopic (exact) mass is 326 g/mol. The van der Waals surface area contributed by atoms with Crippen molar-refractivity contribution in [3.05, 3.63) is 54.4 Å². The van der Waals surface area contributed by atoms with E-state index in [1.54, 1.807) is 12.4 Å². The molecule has 1 saturated heterocycles. The lowest BCUT2D eigenvalue weighted by Crippen LogP contribution is -2.46. The van der Waals surface area contributed by atoms with Crippen LogP contribution in [0.2, 0.25) is 0 Å². The SMILES string of the molecule is O=C(O)C1(CNCc2ccc(-c3ccncc3)cc2)CCCOC1. The van der Waals surface area contributed by atoms with Gasteiger partial charge in [-0.2, -0.15) is 0 Å². The molecule has 2 aromatic rings. The molecular formula is C19H22N2O3. The molecule has 1 aliphatic heterocycles. The minimum Gasteiger partial charge on any atom is -0.481 e. The molecule has 2 heterocycles. The summed E-state index contributed by atoms with van der Waals surface area (Å²) in [5.74, 6) is -0.775. The molecule has 5 heteroatoms. The first kappa shape index (κ1) is 16.6. The maximum atomic E-state index is 11.6. The second-order valence-corrected chi connectivity index (χ2v) is 6.28. The fourth-order valence-corrected chi connectivity index (χ4v) is 3.04. The lowest BCUT2D eigenvalue weighted by Gasteiger charge is -2.33. The number of carbonyl (C=O) groups is 1. The summed E-state index contributed by atoms with van der Waals surface area (Å²) in [5, 5.41) is 12.8. The molecule has 3 rings (SSSR count). The van der Waals surface area contributed by atoms with Crippen LogP contribution in [0.1, 0.15) is 18.4 Å². The number of carboxylic acid groups (broad SMARTS) is 1. The molecule has 1 unspecified atom stereocenters. The summed E-state index contributed by atoms with van der Waals surface area (Å²) in [6, 6.07) is 12.2. The van der Waals surface area contributed by atoms with Gasteiger partial charge in [-0.1, -0.05) is 24.3 Å². The summed E-state index contributed by atoms with van der Waals surface area (Å²) in [7, 11) is 0. The molecule has 2 N–H and O–H groups in total. The van der Waals surface area contributed by atoms with Crippen LogP contribution in [0.15, 0.2) is 48.8 Å². The smallest absolute Gasteiger partial charge is 0.313 e. The minimum absolute atomic E-state index is 0.288. The number of hydrogen-bond donors (Lipinski definition) is 2. The number of nitrogens with zero attached hydrogens (tertiary/aromatic N) is 1. The molecule has 1 fully saturated rings. The molecule has 1 aromatic carbocycles. The number of nitrogens with one attached hydrogen (secondary N) is 1. The van der Waals surface area contributed by atoms with E-state index in [-0.39, 0.29) is 6.61 Å². The van der Waals surface area contributed by atoms with E-state index in [0.29, 0.717) is 26.1 Å². The molecule has 0 saturated carbocycles. The Kier molecular flexibility index (Phi) is 5.23. The van der Waals surface area contributed by atoms with E-state index >= 15 is 0 Å². The van der Waals surface area contributed by atoms with E-state index in [0.717, 1.165) is 23.1 Å². The zero-order valence-electron chi connectivity index (χ0n) is 13.6. The Morgan fingerprint density at radius 3 is 2.50 bits per heavy atom. The first-order valence-electron chi connectivity index (χ1n) is 8.21. The van der Waals surface area contributed by atoms with E-state index in [1.165, 1.54) is 0 Å². The number of rotatable bonds is 6. The summed E-state index contributed by atoms with van der Waals surface area (Å²) in [4.78, 5) is 15.6. The number of pyridine rings is 1. The largest absolute Gasteiger partial charge is 0.481 e. The summed E-state index contributed by atoms with van der Waals surface area (Å²) in [6.45, 7) is 2.02. The molecule has 0 radical (unpaired) electrons. The maximum absolute atomic E-state index is 11.6. The Morgan fingerprint density at radius 1 is 1.17 bits per heavy atom. The molecule has 1 aromatic heterocycles. The third-order valence-electron chi connectivity index (χ3n) is 4.54. The van der Waals surface area contributed by atoms with Crippen LogP contribution in [-0.4, -0.2) is 35.8 Å². The summed E-state index contributed by atoms with van der Waals surface area (Å²) in [6.07, 6.45) is 5.02. The Balaban J connectivity index is 1.58. The van der Waals surface area contributed by atoms with E-state index in [2.05, 4.69) is 34.6 Å². The number of ether oxygens (including phenoxy) is 1. The average molecular weight is 326 g/mol. The Hall–Kier alpha value is -2.24. The molecule has 0 bridgehead atoms. The van der Waals surface area contributed by atoms with Crippen molar-refractivity contribution in [1.82, 2.24) is 10.3 Å². The zero-order valence-corrected chi connectivity index (χ0v) is 13.6. The molecule has 1 aliphatic rings. The van der Waals surface area contributed by atoms with Crippen LogP contribution < -0.4 is 5.32 Å². The maximum Gasteiger partial charge on any atom is 0.313 e. The van der Waals surface area contributed by atoms with Gasteiger partial charge in [-0.15, -0.1) is 0 Å². The van der Waals surface area contributed by atoms with E-state index in [1.807, 2.05) is 12.1 Å². The van der Waals surface area contributed by atoms with Crippen LogP contribution >= 0.6 is 0 Å². The van der Waals surface area contributed by atoms with Crippen molar-refractivity contribution in [2.75, 3.05) is 19.8 Å². The van der Waals surface area contributed by atoms with Gasteiger partial charge in [-0.3, -0.25) is 9.78 Å². The molecule has 0 amide bonds. The van der Waals surface area contributed by atoms with Crippen molar-refractivity contribution in [2.45, 2.75) is 19.4 Å². The third kappa shape index (κ3) is 3.80. The normalized spacial score (nSPS) is 20.7.